The molecule has 2 aliphatic heterocycles. The van der Waals surface area contributed by atoms with E-state index in [0.717, 1.165) is 45.6 Å². The molecule has 6 nitrogen and oxygen atoms in total. The van der Waals surface area contributed by atoms with E-state index in [2.05, 4.69) is 20.9 Å². The van der Waals surface area contributed by atoms with Gasteiger partial charge in [-0.05, 0) is 56.9 Å². The van der Waals surface area contributed by atoms with E-state index in [-0.39, 0.29) is 11.8 Å². The van der Waals surface area contributed by atoms with Gasteiger partial charge in [0.15, 0.2) is 0 Å². The highest BCUT2D eigenvalue weighted by Gasteiger charge is 2.32. The quantitative estimate of drug-likeness (QED) is 0.729. The van der Waals surface area contributed by atoms with Gasteiger partial charge in [0.25, 0.3) is 0 Å². The van der Waals surface area contributed by atoms with Crippen LogP contribution in [0.5, 0.6) is 0 Å². The van der Waals surface area contributed by atoms with Crippen molar-refractivity contribution in [2.75, 3.05) is 53.5 Å². The third kappa shape index (κ3) is 5.74. The topological polar surface area (TPSA) is 48.9 Å². The predicted molar refractivity (Wildman–Crippen MR) is 106 cm³/mol. The van der Waals surface area contributed by atoms with Gasteiger partial charge in [-0.2, -0.15) is 0 Å². The summed E-state index contributed by atoms with van der Waals surface area (Å²) < 4.78 is 5.11. The number of pyridine rings is 1. The van der Waals surface area contributed by atoms with Gasteiger partial charge in [0.05, 0.1) is 12.5 Å². The van der Waals surface area contributed by atoms with Crippen molar-refractivity contribution in [3.05, 3.63) is 30.1 Å². The number of hydrogen-bond donors (Lipinski definition) is 0. The minimum absolute atomic E-state index is 0.147. The van der Waals surface area contributed by atoms with Crippen LogP contribution in [0, 0.1) is 5.92 Å². The van der Waals surface area contributed by atoms with Gasteiger partial charge in [0.1, 0.15) is 0 Å². The first-order valence-electron chi connectivity index (χ1n) is 10.3. The van der Waals surface area contributed by atoms with Crippen molar-refractivity contribution >= 4 is 5.91 Å². The third-order valence-electron chi connectivity index (χ3n) is 6.01. The first-order valence-corrected chi connectivity index (χ1v) is 10.3. The molecule has 1 aromatic heterocycles. The van der Waals surface area contributed by atoms with Gasteiger partial charge in [-0.1, -0.05) is 6.07 Å². The van der Waals surface area contributed by atoms with E-state index < -0.39 is 0 Å². The summed E-state index contributed by atoms with van der Waals surface area (Å²) in [5, 5.41) is 0. The molecule has 0 spiro atoms. The van der Waals surface area contributed by atoms with E-state index in [1.807, 2.05) is 30.4 Å². The summed E-state index contributed by atoms with van der Waals surface area (Å²) in [7, 11) is 3.58. The normalized spacial score (nSPS) is 22.7. The molecule has 0 N–H and O–H groups in total. The lowest BCUT2D eigenvalue weighted by atomic mass is 9.93. The van der Waals surface area contributed by atoms with Gasteiger partial charge in [-0.25, -0.2) is 0 Å². The maximum atomic E-state index is 12.7. The number of likely N-dealkylation sites (N-methyl/N-ethyl adjacent to an activating group) is 1. The van der Waals surface area contributed by atoms with Crippen molar-refractivity contribution in [3.8, 4) is 0 Å². The molecule has 0 aromatic carbocycles. The first-order chi connectivity index (χ1) is 13.2. The standard InChI is InChI=1S/C21H34N4O2/c1-23(13-14-27-2)21(26)19-6-4-10-25(17-19)20-7-11-24(12-8-20)16-18-5-3-9-22-15-18/h3,5,9,15,19-20H,4,6-8,10-14,16-17H2,1-2H3/t19-/m0/s1. The molecular weight excluding hydrogens is 340 g/mol. The van der Waals surface area contributed by atoms with Crippen molar-refractivity contribution in [1.29, 1.82) is 0 Å². The summed E-state index contributed by atoms with van der Waals surface area (Å²) in [5.74, 6) is 0.430. The Bertz CT molecular complexity index is 575. The fourth-order valence-corrected chi connectivity index (χ4v) is 4.38. The van der Waals surface area contributed by atoms with Crippen LogP contribution in [0.4, 0.5) is 0 Å². The molecule has 0 radical (unpaired) electrons. The molecule has 1 atom stereocenters. The largest absolute Gasteiger partial charge is 0.383 e. The molecule has 2 aliphatic rings. The molecular formula is C21H34N4O2. The Labute approximate surface area is 163 Å². The molecule has 6 heteroatoms. The first kappa shape index (κ1) is 20.2. The number of methoxy groups -OCH3 is 1. The second-order valence-corrected chi connectivity index (χ2v) is 7.96. The Hall–Kier alpha value is -1.50. The third-order valence-corrected chi connectivity index (χ3v) is 6.01. The minimum Gasteiger partial charge on any atom is -0.383 e. The van der Waals surface area contributed by atoms with Gasteiger partial charge in [-0.15, -0.1) is 0 Å². The van der Waals surface area contributed by atoms with Gasteiger partial charge >= 0.3 is 0 Å². The zero-order chi connectivity index (χ0) is 19.1. The predicted octanol–water partition coefficient (Wildman–Crippen LogP) is 1.86. The number of ether oxygens (including phenoxy) is 1. The van der Waals surface area contributed by atoms with Crippen LogP contribution in [0.25, 0.3) is 0 Å². The van der Waals surface area contributed by atoms with Crippen LogP contribution in [0.15, 0.2) is 24.5 Å². The molecule has 1 amide bonds. The average Bonchev–Trinajstić information content (AvgIpc) is 2.73. The number of rotatable bonds is 7. The molecule has 150 valence electrons. The number of carbonyl (C=O) groups excluding carboxylic acids is 1. The van der Waals surface area contributed by atoms with Crippen molar-refractivity contribution in [3.63, 3.8) is 0 Å². The van der Waals surface area contributed by atoms with Gasteiger partial charge < -0.3 is 9.64 Å². The van der Waals surface area contributed by atoms with E-state index in [1.165, 1.54) is 18.4 Å². The number of carbonyl (C=O) groups is 1. The van der Waals surface area contributed by atoms with E-state index >= 15 is 0 Å². The number of likely N-dealkylation sites (tertiary alicyclic amines) is 2. The van der Waals surface area contributed by atoms with E-state index in [0.29, 0.717) is 19.2 Å². The zero-order valence-electron chi connectivity index (χ0n) is 16.8. The molecule has 3 heterocycles. The Balaban J connectivity index is 1.46. The smallest absolute Gasteiger partial charge is 0.226 e. The lowest BCUT2D eigenvalue weighted by Gasteiger charge is -2.42. The lowest BCUT2D eigenvalue weighted by Crippen LogP contribution is -2.51. The molecule has 2 fully saturated rings. The second-order valence-electron chi connectivity index (χ2n) is 7.96. The summed E-state index contributed by atoms with van der Waals surface area (Å²) in [5.41, 5.74) is 1.29. The molecule has 2 saturated heterocycles. The molecule has 27 heavy (non-hydrogen) atoms. The highest BCUT2D eigenvalue weighted by atomic mass is 16.5. The second kappa shape index (κ2) is 10.2. The molecule has 0 unspecified atom stereocenters. The number of hydrogen-bond acceptors (Lipinski definition) is 5. The van der Waals surface area contributed by atoms with Crippen molar-refractivity contribution in [2.24, 2.45) is 5.92 Å². The van der Waals surface area contributed by atoms with Crippen LogP contribution in [-0.2, 0) is 16.1 Å². The lowest BCUT2D eigenvalue weighted by molar-refractivity contribution is -0.137. The maximum Gasteiger partial charge on any atom is 0.226 e. The molecule has 0 bridgehead atoms. The monoisotopic (exact) mass is 374 g/mol. The average molecular weight is 375 g/mol. The molecule has 0 saturated carbocycles. The maximum absolute atomic E-state index is 12.7. The highest BCUT2D eigenvalue weighted by Crippen LogP contribution is 2.25. The Morgan fingerprint density at radius 3 is 2.81 bits per heavy atom. The Kier molecular flexibility index (Phi) is 7.61. The fraction of sp³-hybridized carbons (Fsp3) is 0.714. The molecule has 0 aliphatic carbocycles. The Morgan fingerprint density at radius 1 is 1.30 bits per heavy atom. The van der Waals surface area contributed by atoms with Gasteiger partial charge in [0.2, 0.25) is 5.91 Å². The van der Waals surface area contributed by atoms with Crippen LogP contribution in [0.1, 0.15) is 31.2 Å². The number of aromatic nitrogens is 1. The zero-order valence-corrected chi connectivity index (χ0v) is 16.8. The number of nitrogens with zero attached hydrogens (tertiary/aromatic N) is 4. The fourth-order valence-electron chi connectivity index (χ4n) is 4.38. The molecule has 1 aromatic rings. The van der Waals surface area contributed by atoms with Crippen LogP contribution in [0.2, 0.25) is 0 Å². The van der Waals surface area contributed by atoms with Crippen molar-refractivity contribution in [2.45, 2.75) is 38.3 Å². The van der Waals surface area contributed by atoms with E-state index in [4.69, 9.17) is 4.74 Å². The van der Waals surface area contributed by atoms with Crippen LogP contribution in [-0.4, -0.2) is 85.1 Å². The van der Waals surface area contributed by atoms with Gasteiger partial charge in [0, 0.05) is 52.2 Å². The number of piperidine rings is 2. The summed E-state index contributed by atoms with van der Waals surface area (Å²) >= 11 is 0. The SMILES string of the molecule is COCCN(C)C(=O)[C@H]1CCCN(C2CCN(Cc3cccnc3)CC2)C1. The van der Waals surface area contributed by atoms with Crippen LogP contribution >= 0.6 is 0 Å². The summed E-state index contributed by atoms with van der Waals surface area (Å²) in [6, 6.07) is 4.78. The highest BCUT2D eigenvalue weighted by molar-refractivity contribution is 5.78. The van der Waals surface area contributed by atoms with Crippen LogP contribution < -0.4 is 0 Å². The minimum atomic E-state index is 0.147. The van der Waals surface area contributed by atoms with Gasteiger partial charge in [-0.3, -0.25) is 19.6 Å². The summed E-state index contributed by atoms with van der Waals surface area (Å²) in [4.78, 5) is 23.9. The van der Waals surface area contributed by atoms with E-state index in [9.17, 15) is 4.79 Å². The van der Waals surface area contributed by atoms with E-state index in [1.54, 1.807) is 7.11 Å². The summed E-state index contributed by atoms with van der Waals surface area (Å²) in [6.45, 7) is 6.59. The molecule has 3 rings (SSSR count). The Morgan fingerprint density at radius 2 is 2.11 bits per heavy atom. The van der Waals surface area contributed by atoms with Crippen molar-refractivity contribution < 1.29 is 9.53 Å². The van der Waals surface area contributed by atoms with Crippen LogP contribution in [0.3, 0.4) is 0 Å². The van der Waals surface area contributed by atoms with Crippen molar-refractivity contribution in [1.82, 2.24) is 19.7 Å². The summed E-state index contributed by atoms with van der Waals surface area (Å²) in [6.07, 6.45) is 8.34. The number of amides is 1.